The molecule has 0 aliphatic rings. The van der Waals surface area contributed by atoms with Gasteiger partial charge in [0.1, 0.15) is 11.4 Å². The van der Waals surface area contributed by atoms with Crippen LogP contribution in [0.5, 0.6) is 0 Å². The molecule has 8 nitrogen and oxygen atoms in total. The van der Waals surface area contributed by atoms with Crippen molar-refractivity contribution < 1.29 is 9.59 Å². The van der Waals surface area contributed by atoms with E-state index >= 15 is 0 Å². The largest absolute Gasteiger partial charge is 0.372 e. The molecular formula is C18H26N6O2. The maximum absolute atomic E-state index is 12.3. The lowest BCUT2D eigenvalue weighted by Gasteiger charge is -2.11. The summed E-state index contributed by atoms with van der Waals surface area (Å²) >= 11 is 0. The number of hydrogen-bond donors (Lipinski definition) is 4. The number of aryl methyl sites for hydroxylation is 2. The zero-order valence-electron chi connectivity index (χ0n) is 15.6. The highest BCUT2D eigenvalue weighted by atomic mass is 16.2. The van der Waals surface area contributed by atoms with E-state index in [0.717, 1.165) is 0 Å². The Balaban J connectivity index is 1.92. The summed E-state index contributed by atoms with van der Waals surface area (Å²) in [4.78, 5) is 24.6. The van der Waals surface area contributed by atoms with E-state index in [4.69, 9.17) is 5.41 Å². The summed E-state index contributed by atoms with van der Waals surface area (Å²) in [6, 6.07) is 5.35. The molecule has 140 valence electrons. The maximum Gasteiger partial charge on any atom is 0.272 e. The van der Waals surface area contributed by atoms with Gasteiger partial charge in [-0.25, -0.2) is 0 Å². The van der Waals surface area contributed by atoms with Crippen LogP contribution in [-0.2, 0) is 14.1 Å². The first-order valence-corrected chi connectivity index (χ1v) is 8.49. The molecular weight excluding hydrogens is 332 g/mol. The third kappa shape index (κ3) is 4.98. The Kier molecular flexibility index (Phi) is 6.21. The van der Waals surface area contributed by atoms with Gasteiger partial charge < -0.3 is 25.1 Å². The third-order valence-corrected chi connectivity index (χ3v) is 3.80. The average molecular weight is 358 g/mol. The SMILES string of the molecule is CC(C)NC(=N)CCNC(=O)c1cc(NC(=O)c2cccn2C)cn1C. The van der Waals surface area contributed by atoms with Crippen molar-refractivity contribution >= 4 is 23.3 Å². The summed E-state index contributed by atoms with van der Waals surface area (Å²) < 4.78 is 3.39. The highest BCUT2D eigenvalue weighted by molar-refractivity contribution is 6.04. The van der Waals surface area contributed by atoms with Crippen LogP contribution in [0.15, 0.2) is 30.6 Å². The van der Waals surface area contributed by atoms with Crippen LogP contribution >= 0.6 is 0 Å². The van der Waals surface area contributed by atoms with Crippen LogP contribution in [0.4, 0.5) is 5.69 Å². The van der Waals surface area contributed by atoms with Crippen molar-refractivity contribution in [2.75, 3.05) is 11.9 Å². The number of carbonyl (C=O) groups excluding carboxylic acids is 2. The standard InChI is InChI=1S/C18H26N6O2/c1-12(2)21-16(19)7-8-20-17(25)15-10-13(11-24(15)4)22-18(26)14-6-5-9-23(14)3/h5-6,9-12H,7-8H2,1-4H3,(H2,19,21)(H,20,25)(H,22,26). The van der Waals surface area contributed by atoms with Gasteiger partial charge in [0.25, 0.3) is 11.8 Å². The number of carbonyl (C=O) groups is 2. The Labute approximate surface area is 153 Å². The Morgan fingerprint density at radius 2 is 1.88 bits per heavy atom. The number of hydrogen-bond acceptors (Lipinski definition) is 3. The molecule has 2 heterocycles. The van der Waals surface area contributed by atoms with Gasteiger partial charge in [-0.3, -0.25) is 15.0 Å². The van der Waals surface area contributed by atoms with Crippen LogP contribution in [0.2, 0.25) is 0 Å². The molecule has 0 aromatic carbocycles. The number of anilines is 1. The van der Waals surface area contributed by atoms with Gasteiger partial charge in [-0.05, 0) is 32.0 Å². The lowest BCUT2D eigenvalue weighted by molar-refractivity contribution is 0.0945. The molecule has 0 bridgehead atoms. The first kappa shape index (κ1) is 19.3. The van der Waals surface area contributed by atoms with E-state index in [2.05, 4.69) is 16.0 Å². The van der Waals surface area contributed by atoms with Crippen LogP contribution in [0, 0.1) is 5.41 Å². The smallest absolute Gasteiger partial charge is 0.272 e. The summed E-state index contributed by atoms with van der Waals surface area (Å²) in [7, 11) is 3.54. The fraction of sp³-hybridized carbons (Fsp3) is 0.389. The minimum Gasteiger partial charge on any atom is -0.372 e. The Hall–Kier alpha value is -3.03. The number of nitrogens with one attached hydrogen (secondary N) is 4. The number of amidine groups is 1. The molecule has 0 aliphatic heterocycles. The molecule has 2 amide bonds. The van der Waals surface area contributed by atoms with Crippen LogP contribution in [-0.4, -0.2) is 39.4 Å². The van der Waals surface area contributed by atoms with Crippen LogP contribution in [0.3, 0.4) is 0 Å². The van der Waals surface area contributed by atoms with Crippen molar-refractivity contribution in [2.24, 2.45) is 14.1 Å². The topological polar surface area (TPSA) is 104 Å². The quantitative estimate of drug-likeness (QED) is 0.447. The Bertz CT molecular complexity index is 802. The van der Waals surface area contributed by atoms with Crippen molar-refractivity contribution in [2.45, 2.75) is 26.3 Å². The van der Waals surface area contributed by atoms with E-state index < -0.39 is 0 Å². The highest BCUT2D eigenvalue weighted by Gasteiger charge is 2.15. The number of nitrogens with zero attached hydrogens (tertiary/aromatic N) is 2. The van der Waals surface area contributed by atoms with Crippen molar-refractivity contribution in [3.05, 3.63) is 42.0 Å². The molecule has 26 heavy (non-hydrogen) atoms. The third-order valence-electron chi connectivity index (χ3n) is 3.80. The summed E-state index contributed by atoms with van der Waals surface area (Å²) in [5.41, 5.74) is 1.53. The molecule has 2 rings (SSSR count). The number of rotatable bonds is 7. The van der Waals surface area contributed by atoms with E-state index in [1.165, 1.54) is 0 Å². The monoisotopic (exact) mass is 358 g/mol. The molecule has 0 atom stereocenters. The van der Waals surface area contributed by atoms with E-state index in [9.17, 15) is 9.59 Å². The number of aromatic nitrogens is 2. The predicted octanol–water partition coefficient (Wildman–Crippen LogP) is 1.71. The van der Waals surface area contributed by atoms with Crippen LogP contribution in [0.25, 0.3) is 0 Å². The van der Waals surface area contributed by atoms with Crippen molar-refractivity contribution in [1.82, 2.24) is 19.8 Å². The zero-order chi connectivity index (χ0) is 19.3. The van der Waals surface area contributed by atoms with E-state index in [-0.39, 0.29) is 17.9 Å². The normalized spacial score (nSPS) is 10.7. The van der Waals surface area contributed by atoms with Crippen LogP contribution in [0.1, 0.15) is 41.2 Å². The highest BCUT2D eigenvalue weighted by Crippen LogP contribution is 2.14. The van der Waals surface area contributed by atoms with Gasteiger partial charge in [0, 0.05) is 45.5 Å². The van der Waals surface area contributed by atoms with Gasteiger partial charge in [-0.1, -0.05) is 0 Å². The average Bonchev–Trinajstić information content (AvgIpc) is 3.12. The minimum absolute atomic E-state index is 0.196. The molecule has 0 aliphatic carbocycles. The van der Waals surface area contributed by atoms with E-state index in [1.54, 1.807) is 53.8 Å². The molecule has 0 unspecified atom stereocenters. The molecule has 8 heteroatoms. The second-order valence-corrected chi connectivity index (χ2v) is 6.47. The minimum atomic E-state index is -0.246. The number of amides is 2. The first-order chi connectivity index (χ1) is 12.3. The lowest BCUT2D eigenvalue weighted by Crippen LogP contribution is -2.34. The summed E-state index contributed by atoms with van der Waals surface area (Å²) in [5, 5.41) is 16.3. The Morgan fingerprint density at radius 3 is 2.50 bits per heavy atom. The molecule has 4 N–H and O–H groups in total. The molecule has 0 radical (unpaired) electrons. The lowest BCUT2D eigenvalue weighted by atomic mass is 10.3. The first-order valence-electron chi connectivity index (χ1n) is 8.49. The Morgan fingerprint density at radius 1 is 1.15 bits per heavy atom. The predicted molar refractivity (Wildman–Crippen MR) is 102 cm³/mol. The van der Waals surface area contributed by atoms with E-state index in [0.29, 0.717) is 35.9 Å². The van der Waals surface area contributed by atoms with Gasteiger partial charge in [-0.15, -0.1) is 0 Å². The van der Waals surface area contributed by atoms with E-state index in [1.807, 2.05) is 13.8 Å². The van der Waals surface area contributed by atoms with Crippen molar-refractivity contribution in [3.8, 4) is 0 Å². The van der Waals surface area contributed by atoms with Gasteiger partial charge >= 0.3 is 0 Å². The zero-order valence-corrected chi connectivity index (χ0v) is 15.6. The van der Waals surface area contributed by atoms with Gasteiger partial charge in [0.05, 0.1) is 11.5 Å². The summed E-state index contributed by atoms with van der Waals surface area (Å²) in [6.07, 6.45) is 3.92. The molecule has 0 saturated carbocycles. The summed E-state index contributed by atoms with van der Waals surface area (Å²) in [6.45, 7) is 4.29. The molecule has 0 spiro atoms. The van der Waals surface area contributed by atoms with Gasteiger partial charge in [0.2, 0.25) is 0 Å². The second kappa shape index (κ2) is 8.37. The second-order valence-electron chi connectivity index (χ2n) is 6.47. The van der Waals surface area contributed by atoms with Gasteiger partial charge in [-0.2, -0.15) is 0 Å². The maximum atomic E-state index is 12.3. The van der Waals surface area contributed by atoms with Crippen molar-refractivity contribution in [1.29, 1.82) is 5.41 Å². The van der Waals surface area contributed by atoms with Crippen LogP contribution < -0.4 is 16.0 Å². The molecule has 2 aromatic rings. The van der Waals surface area contributed by atoms with Gasteiger partial charge in [0.15, 0.2) is 0 Å². The fourth-order valence-electron chi connectivity index (χ4n) is 2.56. The fourth-order valence-corrected chi connectivity index (χ4v) is 2.56. The molecule has 0 saturated heterocycles. The summed E-state index contributed by atoms with van der Waals surface area (Å²) in [5.74, 6) is -0.0878. The van der Waals surface area contributed by atoms with Crippen molar-refractivity contribution in [3.63, 3.8) is 0 Å². The molecule has 0 fully saturated rings. The molecule has 2 aromatic heterocycles.